The van der Waals surface area contributed by atoms with Gasteiger partial charge in [0.25, 0.3) is 5.69 Å². The van der Waals surface area contributed by atoms with E-state index in [1.54, 1.807) is 43.5 Å². The predicted molar refractivity (Wildman–Crippen MR) is 101 cm³/mol. The number of carbonyl (C=O) groups is 1. The maximum atomic E-state index is 12.2. The van der Waals surface area contributed by atoms with Crippen LogP contribution in [0.15, 0.2) is 47.0 Å². The summed E-state index contributed by atoms with van der Waals surface area (Å²) in [4.78, 5) is 26.9. The third-order valence-corrected chi connectivity index (χ3v) is 4.09. The highest BCUT2D eigenvalue weighted by molar-refractivity contribution is 5.79. The Morgan fingerprint density at radius 2 is 2.00 bits per heavy atom. The fourth-order valence-electron chi connectivity index (χ4n) is 2.67. The number of hydrogen-bond acceptors (Lipinski definition) is 8. The number of para-hydroxylation sites is 1. The number of nitrogens with zero attached hydrogens (tertiary/aromatic N) is 3. The number of aromatic nitrogens is 2. The van der Waals surface area contributed by atoms with E-state index in [1.165, 1.54) is 13.2 Å². The summed E-state index contributed by atoms with van der Waals surface area (Å²) in [7, 11) is 3.07. The zero-order valence-corrected chi connectivity index (χ0v) is 15.7. The highest BCUT2D eigenvalue weighted by Crippen LogP contribution is 2.31. The van der Waals surface area contributed by atoms with E-state index in [1.807, 2.05) is 0 Å². The number of amides is 1. The van der Waals surface area contributed by atoms with Gasteiger partial charge >= 0.3 is 0 Å². The molecule has 2 aromatic carbocycles. The summed E-state index contributed by atoms with van der Waals surface area (Å²) in [6.07, 6.45) is -0.134. The third kappa shape index (κ3) is 4.67. The summed E-state index contributed by atoms with van der Waals surface area (Å²) in [6, 6.07) is 11.3. The molecule has 0 radical (unpaired) electrons. The van der Waals surface area contributed by atoms with E-state index in [0.717, 1.165) is 0 Å². The largest absolute Gasteiger partial charge is 0.497 e. The number of ether oxygens (including phenoxy) is 2. The van der Waals surface area contributed by atoms with Crippen molar-refractivity contribution in [2.24, 2.45) is 0 Å². The number of carbonyl (C=O) groups excluding carboxylic acids is 1. The minimum atomic E-state index is -0.519. The van der Waals surface area contributed by atoms with E-state index < -0.39 is 10.8 Å². The van der Waals surface area contributed by atoms with E-state index in [0.29, 0.717) is 28.5 Å². The van der Waals surface area contributed by atoms with Crippen LogP contribution in [0.1, 0.15) is 11.5 Å². The average Bonchev–Trinajstić information content (AvgIpc) is 3.20. The minimum absolute atomic E-state index is 0.00899. The Morgan fingerprint density at radius 3 is 2.72 bits per heavy atom. The number of nitro benzene ring substituents is 1. The summed E-state index contributed by atoms with van der Waals surface area (Å²) in [5.41, 5.74) is 0.827. The molecular weight excluding hydrogens is 380 g/mol. The molecule has 10 nitrogen and oxygen atoms in total. The van der Waals surface area contributed by atoms with Gasteiger partial charge in [-0.2, -0.15) is 4.98 Å². The highest BCUT2D eigenvalue weighted by Gasteiger charge is 2.17. The molecule has 0 aliphatic carbocycles. The number of benzene rings is 2. The van der Waals surface area contributed by atoms with Crippen LogP contribution < -0.4 is 14.8 Å². The van der Waals surface area contributed by atoms with Crippen LogP contribution in [0.4, 0.5) is 5.69 Å². The molecule has 0 fully saturated rings. The quantitative estimate of drug-likeness (QED) is 0.452. The smallest absolute Gasteiger partial charge is 0.273 e. The van der Waals surface area contributed by atoms with Crippen molar-refractivity contribution in [2.45, 2.75) is 13.0 Å². The van der Waals surface area contributed by atoms with Gasteiger partial charge in [-0.3, -0.25) is 14.9 Å². The summed E-state index contributed by atoms with van der Waals surface area (Å²) >= 11 is 0. The van der Waals surface area contributed by atoms with E-state index in [4.69, 9.17) is 14.0 Å². The van der Waals surface area contributed by atoms with Crippen molar-refractivity contribution >= 4 is 11.6 Å². The monoisotopic (exact) mass is 398 g/mol. The molecular formula is C19H18N4O6. The first kappa shape index (κ1) is 19.8. The maximum Gasteiger partial charge on any atom is 0.273 e. The molecule has 3 rings (SSSR count). The van der Waals surface area contributed by atoms with Crippen molar-refractivity contribution in [1.82, 2.24) is 15.5 Å². The Morgan fingerprint density at radius 1 is 1.21 bits per heavy atom. The normalized spacial score (nSPS) is 10.4. The van der Waals surface area contributed by atoms with Crippen LogP contribution in [0.2, 0.25) is 0 Å². The molecule has 150 valence electrons. The number of rotatable bonds is 8. The molecule has 0 spiro atoms. The minimum Gasteiger partial charge on any atom is -0.497 e. The summed E-state index contributed by atoms with van der Waals surface area (Å²) in [5.74, 6) is 1.22. The van der Waals surface area contributed by atoms with Crippen molar-refractivity contribution in [3.05, 3.63) is 64.0 Å². The second kappa shape index (κ2) is 8.83. The lowest BCUT2D eigenvalue weighted by Gasteiger charge is -2.07. The SMILES string of the molecule is COc1ccc(-c2noc(CNC(=O)Cc3ccccc3[N+](=O)[O-])n2)c(OC)c1. The molecule has 1 N–H and O–H groups in total. The lowest BCUT2D eigenvalue weighted by Crippen LogP contribution is -2.25. The van der Waals surface area contributed by atoms with Crippen LogP contribution in [0.5, 0.6) is 11.5 Å². The van der Waals surface area contributed by atoms with Gasteiger partial charge in [-0.25, -0.2) is 0 Å². The van der Waals surface area contributed by atoms with Crippen molar-refractivity contribution < 1.29 is 23.7 Å². The molecule has 1 heterocycles. The summed E-state index contributed by atoms with van der Waals surface area (Å²) < 4.78 is 15.6. The van der Waals surface area contributed by atoms with Gasteiger partial charge < -0.3 is 19.3 Å². The first-order valence-corrected chi connectivity index (χ1v) is 8.55. The molecule has 0 saturated heterocycles. The number of methoxy groups -OCH3 is 2. The van der Waals surface area contributed by atoms with Gasteiger partial charge in [0.05, 0.1) is 37.7 Å². The van der Waals surface area contributed by atoms with Crippen molar-refractivity contribution in [2.75, 3.05) is 14.2 Å². The maximum absolute atomic E-state index is 12.2. The van der Waals surface area contributed by atoms with Gasteiger partial charge in [0.15, 0.2) is 0 Å². The Hall–Kier alpha value is -3.95. The van der Waals surface area contributed by atoms with Crippen LogP contribution in [-0.2, 0) is 17.8 Å². The topological polar surface area (TPSA) is 130 Å². The Bertz CT molecular complexity index is 1030. The third-order valence-electron chi connectivity index (χ3n) is 4.09. The Balaban J connectivity index is 1.66. The van der Waals surface area contributed by atoms with Gasteiger partial charge in [-0.1, -0.05) is 23.4 Å². The zero-order chi connectivity index (χ0) is 20.8. The Kier molecular flexibility index (Phi) is 6.03. The standard InChI is InChI=1S/C19H18N4O6/c1-27-13-7-8-14(16(10-13)28-2)19-21-18(29-22-19)11-20-17(24)9-12-5-3-4-6-15(12)23(25)26/h3-8,10H,9,11H2,1-2H3,(H,20,24). The molecule has 1 amide bonds. The van der Waals surface area contributed by atoms with E-state index in [2.05, 4.69) is 15.5 Å². The summed E-state index contributed by atoms with van der Waals surface area (Å²) in [6.45, 7) is -0.00899. The van der Waals surface area contributed by atoms with Gasteiger partial charge in [0, 0.05) is 17.7 Å². The second-order valence-electron chi connectivity index (χ2n) is 5.92. The molecule has 1 aromatic heterocycles. The molecule has 3 aromatic rings. The molecule has 0 unspecified atom stereocenters. The average molecular weight is 398 g/mol. The number of nitro groups is 1. The van der Waals surface area contributed by atoms with Gasteiger partial charge in [0.1, 0.15) is 11.5 Å². The van der Waals surface area contributed by atoms with Gasteiger partial charge in [-0.15, -0.1) is 0 Å². The molecule has 29 heavy (non-hydrogen) atoms. The molecule has 10 heteroatoms. The first-order chi connectivity index (χ1) is 14.0. The van der Waals surface area contributed by atoms with Crippen molar-refractivity contribution in [1.29, 1.82) is 0 Å². The molecule has 0 aliphatic heterocycles. The van der Waals surface area contributed by atoms with E-state index in [-0.39, 0.29) is 24.5 Å². The fourth-order valence-corrected chi connectivity index (χ4v) is 2.67. The van der Waals surface area contributed by atoms with Crippen LogP contribution in [-0.4, -0.2) is 35.2 Å². The van der Waals surface area contributed by atoms with Gasteiger partial charge in [-0.05, 0) is 12.1 Å². The van der Waals surface area contributed by atoms with Crippen LogP contribution in [0.25, 0.3) is 11.4 Å². The van der Waals surface area contributed by atoms with Crippen LogP contribution in [0, 0.1) is 10.1 Å². The highest BCUT2D eigenvalue weighted by atomic mass is 16.6. The number of hydrogen-bond donors (Lipinski definition) is 1. The molecule has 0 bridgehead atoms. The number of nitrogens with one attached hydrogen (secondary N) is 1. The second-order valence-corrected chi connectivity index (χ2v) is 5.92. The van der Waals surface area contributed by atoms with Crippen LogP contribution >= 0.6 is 0 Å². The van der Waals surface area contributed by atoms with E-state index >= 15 is 0 Å². The van der Waals surface area contributed by atoms with Crippen molar-refractivity contribution in [3.8, 4) is 22.9 Å². The fraction of sp³-hybridized carbons (Fsp3) is 0.211. The lowest BCUT2D eigenvalue weighted by atomic mass is 10.1. The molecule has 0 atom stereocenters. The molecule has 0 aliphatic rings. The summed E-state index contributed by atoms with van der Waals surface area (Å²) in [5, 5.41) is 17.6. The lowest BCUT2D eigenvalue weighted by molar-refractivity contribution is -0.385. The molecule has 0 saturated carbocycles. The first-order valence-electron chi connectivity index (χ1n) is 8.55. The van der Waals surface area contributed by atoms with E-state index in [9.17, 15) is 14.9 Å². The van der Waals surface area contributed by atoms with Crippen LogP contribution in [0.3, 0.4) is 0 Å². The zero-order valence-electron chi connectivity index (χ0n) is 15.7. The van der Waals surface area contributed by atoms with Crippen molar-refractivity contribution in [3.63, 3.8) is 0 Å². The predicted octanol–water partition coefficient (Wildman–Crippen LogP) is 2.52. The Labute approximate surface area is 165 Å². The van der Waals surface area contributed by atoms with Gasteiger partial charge in [0.2, 0.25) is 17.6 Å².